The molecule has 1 saturated carbocycles. The zero-order chi connectivity index (χ0) is 37.5. The summed E-state index contributed by atoms with van der Waals surface area (Å²) in [6.07, 6.45) is 9.43. The van der Waals surface area contributed by atoms with E-state index in [1.165, 1.54) is 0 Å². The average molecular weight is 739 g/mol. The minimum Gasteiger partial charge on any atom is -0.381 e. The van der Waals surface area contributed by atoms with Crippen LogP contribution in [0.15, 0.2) is 48.8 Å². The van der Waals surface area contributed by atoms with E-state index in [4.69, 9.17) is 16.2 Å². The molecule has 6 N–H and O–H groups in total. The number of carbonyl (C=O) groups excluding carboxylic acids is 2. The molecule has 4 aromatic rings. The van der Waals surface area contributed by atoms with Crippen LogP contribution >= 0.6 is 0 Å². The normalized spacial score (nSPS) is 23.9. The van der Waals surface area contributed by atoms with E-state index in [0.29, 0.717) is 71.6 Å². The van der Waals surface area contributed by atoms with Gasteiger partial charge in [0.2, 0.25) is 11.8 Å². The lowest BCUT2D eigenvalue weighted by Gasteiger charge is -2.32. The first-order chi connectivity index (χ1) is 25.9. The van der Waals surface area contributed by atoms with Crippen LogP contribution in [0, 0.1) is 17.3 Å². The summed E-state index contributed by atoms with van der Waals surface area (Å²) in [6.45, 7) is 6.40. The number of nitrogens with one attached hydrogen (secondary N) is 2. The molecule has 0 radical (unpaired) electrons. The van der Waals surface area contributed by atoms with Crippen LogP contribution in [0.2, 0.25) is 0 Å². The quantitative estimate of drug-likeness (QED) is 0.172. The number of halogens is 2. The fraction of sp³-hybridized carbons (Fsp3) is 0.512. The number of nitrogens with zero attached hydrogens (tertiary/aromatic N) is 4. The van der Waals surface area contributed by atoms with E-state index in [-0.39, 0.29) is 52.3 Å². The number of aromatic amines is 2. The predicted octanol–water partition coefficient (Wildman–Crippen LogP) is 6.04. The van der Waals surface area contributed by atoms with Gasteiger partial charge in [-0.3, -0.25) is 9.59 Å². The van der Waals surface area contributed by atoms with Crippen molar-refractivity contribution in [3.63, 3.8) is 0 Å². The molecular weight excluding hydrogens is 690 g/mol. The summed E-state index contributed by atoms with van der Waals surface area (Å²) >= 11 is 0. The summed E-state index contributed by atoms with van der Waals surface area (Å²) in [5, 5.41) is 0. The summed E-state index contributed by atoms with van der Waals surface area (Å²) in [5.74, 6) is -1.99. The van der Waals surface area contributed by atoms with Gasteiger partial charge in [-0.1, -0.05) is 38.1 Å². The molecule has 2 aliphatic carbocycles. The maximum atomic E-state index is 16.4. The third kappa shape index (κ3) is 5.86. The van der Waals surface area contributed by atoms with E-state index in [2.05, 4.69) is 19.9 Å². The minimum absolute atomic E-state index is 0.0123. The number of H-pyrrole nitrogens is 2. The Morgan fingerprint density at radius 1 is 0.852 bits per heavy atom. The Hall–Kier alpha value is -4.46. The van der Waals surface area contributed by atoms with E-state index in [0.717, 1.165) is 44.9 Å². The molecule has 3 aliphatic heterocycles. The molecule has 13 heteroatoms. The largest absolute Gasteiger partial charge is 0.381 e. The Balaban J connectivity index is 0.942. The van der Waals surface area contributed by atoms with Crippen LogP contribution < -0.4 is 11.5 Å². The highest BCUT2D eigenvalue weighted by Gasteiger charge is 2.55. The summed E-state index contributed by atoms with van der Waals surface area (Å²) in [5.41, 5.74) is 16.2. The van der Waals surface area contributed by atoms with Gasteiger partial charge in [0, 0.05) is 48.6 Å². The molecule has 54 heavy (non-hydrogen) atoms. The maximum absolute atomic E-state index is 16.4. The zero-order valence-corrected chi connectivity index (χ0v) is 30.8. The van der Waals surface area contributed by atoms with Crippen molar-refractivity contribution < 1.29 is 23.1 Å². The molecule has 0 unspecified atom stereocenters. The molecule has 2 amide bonds. The number of imidazole rings is 2. The standard InChI is InChI=1S/C41H48F2N8O3/c1-22(2)34(44)38(52)51-21-40(11-12-40)18-33(51)37-47-20-31(49-37)25-6-8-27-26-7-5-24(16-28(26)41(42,43)29(27)17-25)30-19-46-36(48-30)32-4-3-13-50(32)39(53)35(45)23-9-14-54-15-10-23/h5-8,16-17,19-20,22-23,32-35H,3-4,9-15,18,21,44-45H2,1-2H3,(H,46,48)(H,47,49)/t32-,33-,34-,35-/m0/s1. The first-order valence-electron chi connectivity index (χ1n) is 19.4. The second kappa shape index (κ2) is 13.1. The van der Waals surface area contributed by atoms with Gasteiger partial charge in [0.15, 0.2) is 0 Å². The molecule has 284 valence electrons. The molecular formula is C41H48F2N8O3. The number of nitrogens with two attached hydrogens (primary N) is 2. The first kappa shape index (κ1) is 35.3. The Labute approximate surface area is 313 Å². The van der Waals surface area contributed by atoms with Crippen LogP contribution in [0.3, 0.4) is 0 Å². The number of carbonyl (C=O) groups is 2. The second-order valence-electron chi connectivity index (χ2n) is 16.6. The van der Waals surface area contributed by atoms with Gasteiger partial charge in [0.25, 0.3) is 5.92 Å². The van der Waals surface area contributed by atoms with Crippen molar-refractivity contribution in [2.75, 3.05) is 26.3 Å². The van der Waals surface area contributed by atoms with Crippen LogP contribution in [-0.4, -0.2) is 79.9 Å². The van der Waals surface area contributed by atoms with E-state index >= 15 is 8.78 Å². The van der Waals surface area contributed by atoms with Gasteiger partial charge in [-0.05, 0) is 85.5 Å². The number of alkyl halides is 2. The highest BCUT2D eigenvalue weighted by Crippen LogP contribution is 2.58. The highest BCUT2D eigenvalue weighted by atomic mass is 19.3. The number of hydrogen-bond acceptors (Lipinski definition) is 7. The predicted molar refractivity (Wildman–Crippen MR) is 199 cm³/mol. The van der Waals surface area contributed by atoms with Gasteiger partial charge < -0.3 is 36.0 Å². The Bertz CT molecular complexity index is 2100. The van der Waals surface area contributed by atoms with Crippen LogP contribution in [0.1, 0.15) is 93.7 Å². The molecule has 9 rings (SSSR count). The average Bonchev–Trinajstić information content (AvgIpc) is 3.77. The summed E-state index contributed by atoms with van der Waals surface area (Å²) in [4.78, 5) is 46.6. The van der Waals surface area contributed by atoms with E-state index in [1.807, 2.05) is 35.8 Å². The molecule has 11 nitrogen and oxygen atoms in total. The van der Waals surface area contributed by atoms with Crippen molar-refractivity contribution in [1.82, 2.24) is 29.7 Å². The van der Waals surface area contributed by atoms with Gasteiger partial charge >= 0.3 is 0 Å². The molecule has 3 saturated heterocycles. The number of hydrogen-bond donors (Lipinski definition) is 4. The first-order valence-corrected chi connectivity index (χ1v) is 19.4. The van der Waals surface area contributed by atoms with Gasteiger partial charge in [-0.2, -0.15) is 8.78 Å². The maximum Gasteiger partial charge on any atom is 0.299 e. The van der Waals surface area contributed by atoms with Crippen molar-refractivity contribution in [3.8, 4) is 33.6 Å². The fourth-order valence-electron chi connectivity index (χ4n) is 9.19. The molecule has 4 atom stereocenters. The zero-order valence-electron chi connectivity index (χ0n) is 30.8. The van der Waals surface area contributed by atoms with Crippen molar-refractivity contribution in [2.45, 2.75) is 88.9 Å². The number of fused-ring (bicyclic) bond motifs is 3. The number of amides is 2. The third-order valence-corrected chi connectivity index (χ3v) is 12.8. The second-order valence-corrected chi connectivity index (χ2v) is 16.6. The third-order valence-electron chi connectivity index (χ3n) is 12.8. The topological polar surface area (TPSA) is 159 Å². The Morgan fingerprint density at radius 2 is 1.44 bits per heavy atom. The van der Waals surface area contributed by atoms with Crippen LogP contribution in [0.5, 0.6) is 0 Å². The SMILES string of the molecule is CC(C)[C@H](N)C(=O)N1CC2(CC2)C[C@H]1c1ncc(-c2ccc3c(c2)C(F)(F)c2cc(-c4cnc([C@@H]5CCCN5C(=O)[C@@H](N)C5CCOCC5)[nH]4)ccc2-3)[nH]1. The Kier molecular flexibility index (Phi) is 8.55. The van der Waals surface area contributed by atoms with Crippen LogP contribution in [0.4, 0.5) is 8.78 Å². The van der Waals surface area contributed by atoms with Gasteiger partial charge in [-0.15, -0.1) is 0 Å². The molecule has 2 aromatic heterocycles. The molecule has 2 aromatic carbocycles. The number of ether oxygens (including phenoxy) is 1. The number of rotatable bonds is 8. The minimum atomic E-state index is -3.24. The van der Waals surface area contributed by atoms with Gasteiger partial charge in [0.1, 0.15) is 11.6 Å². The lowest BCUT2D eigenvalue weighted by Crippen LogP contribution is -2.48. The molecule has 1 spiro atoms. The number of likely N-dealkylation sites (tertiary alicyclic amines) is 2. The van der Waals surface area contributed by atoms with Gasteiger partial charge in [-0.25, -0.2) is 9.97 Å². The smallest absolute Gasteiger partial charge is 0.299 e. The number of aromatic nitrogens is 4. The number of benzene rings is 2. The molecule has 4 fully saturated rings. The van der Waals surface area contributed by atoms with Crippen LogP contribution in [-0.2, 0) is 20.2 Å². The fourth-order valence-corrected chi connectivity index (χ4v) is 9.19. The monoisotopic (exact) mass is 738 g/mol. The van der Waals surface area contributed by atoms with E-state index < -0.39 is 18.0 Å². The van der Waals surface area contributed by atoms with E-state index in [9.17, 15) is 9.59 Å². The molecule has 0 bridgehead atoms. The Morgan fingerprint density at radius 3 is 2.02 bits per heavy atom. The lowest BCUT2D eigenvalue weighted by atomic mass is 9.91. The molecule has 5 heterocycles. The summed E-state index contributed by atoms with van der Waals surface area (Å²) in [7, 11) is 0. The molecule has 5 aliphatic rings. The van der Waals surface area contributed by atoms with Gasteiger partial charge in [0.05, 0.1) is 47.9 Å². The van der Waals surface area contributed by atoms with Crippen molar-refractivity contribution >= 4 is 11.8 Å². The highest BCUT2D eigenvalue weighted by molar-refractivity contribution is 5.85. The summed E-state index contributed by atoms with van der Waals surface area (Å²) in [6, 6.07) is 8.61. The van der Waals surface area contributed by atoms with Crippen molar-refractivity contribution in [1.29, 1.82) is 0 Å². The van der Waals surface area contributed by atoms with Crippen molar-refractivity contribution in [2.24, 2.45) is 28.7 Å². The summed E-state index contributed by atoms with van der Waals surface area (Å²) < 4.78 is 38.2. The van der Waals surface area contributed by atoms with E-state index in [1.54, 1.807) is 36.7 Å². The van der Waals surface area contributed by atoms with Crippen molar-refractivity contribution in [3.05, 3.63) is 71.6 Å². The van der Waals surface area contributed by atoms with Crippen LogP contribution in [0.25, 0.3) is 33.6 Å². The lowest BCUT2D eigenvalue weighted by molar-refractivity contribution is -0.136.